The summed E-state index contributed by atoms with van der Waals surface area (Å²) < 4.78 is 13.9. The van der Waals surface area contributed by atoms with E-state index in [0.717, 1.165) is 5.69 Å². The molecule has 0 aliphatic carbocycles. The third-order valence-electron chi connectivity index (χ3n) is 6.83. The molecule has 3 amide bonds. The number of primary amides is 1. The van der Waals surface area contributed by atoms with Crippen LogP contribution in [0.3, 0.4) is 0 Å². The number of nitrogens with two attached hydrogens (primary N) is 1. The zero-order chi connectivity index (χ0) is 28.4. The number of methoxy groups -OCH3 is 1. The number of rotatable bonds is 8. The number of hydrogen-bond donors (Lipinski definition) is 1. The highest BCUT2D eigenvalue weighted by molar-refractivity contribution is 6.09. The lowest BCUT2D eigenvalue weighted by atomic mass is 10.0. The fourth-order valence-electron chi connectivity index (χ4n) is 4.55. The molecule has 5 rings (SSSR count). The maximum atomic E-state index is 13.8. The van der Waals surface area contributed by atoms with Crippen molar-refractivity contribution in [3.05, 3.63) is 83.7 Å². The van der Waals surface area contributed by atoms with Gasteiger partial charge >= 0.3 is 6.09 Å². The summed E-state index contributed by atoms with van der Waals surface area (Å²) in [7, 11) is 3.23. The summed E-state index contributed by atoms with van der Waals surface area (Å²) in [4.78, 5) is 45.4. The fourth-order valence-corrected chi connectivity index (χ4v) is 4.55. The van der Waals surface area contributed by atoms with Crippen molar-refractivity contribution in [2.24, 2.45) is 5.73 Å². The molecule has 0 unspecified atom stereocenters. The zero-order valence-corrected chi connectivity index (χ0v) is 22.4. The highest BCUT2D eigenvalue weighted by Crippen LogP contribution is 2.30. The van der Waals surface area contributed by atoms with Crippen LogP contribution in [0.15, 0.2) is 60.9 Å². The van der Waals surface area contributed by atoms with E-state index in [9.17, 15) is 14.4 Å². The maximum Gasteiger partial charge on any atom is 0.409 e. The van der Waals surface area contributed by atoms with E-state index in [1.807, 2.05) is 35.8 Å². The van der Waals surface area contributed by atoms with Crippen LogP contribution >= 0.6 is 0 Å². The fraction of sp³-hybridized carbons (Fsp3) is 0.250. The molecule has 1 aliphatic heterocycles. The van der Waals surface area contributed by atoms with Crippen molar-refractivity contribution in [1.29, 1.82) is 0 Å². The van der Waals surface area contributed by atoms with Gasteiger partial charge in [-0.05, 0) is 61.9 Å². The number of nitrogens with zero attached hydrogens (tertiary/aromatic N) is 6. The van der Waals surface area contributed by atoms with Gasteiger partial charge in [-0.3, -0.25) is 9.59 Å². The Balaban J connectivity index is 1.41. The number of carbonyl (C=O) groups excluding carboxylic acids is 3. The molecule has 0 atom stereocenters. The first-order valence-electron chi connectivity index (χ1n) is 12.7. The quantitative estimate of drug-likeness (QED) is 0.361. The van der Waals surface area contributed by atoms with Crippen LogP contribution in [0.1, 0.15) is 39.3 Å². The molecule has 206 valence electrons. The number of imidazole rings is 1. The molecule has 0 saturated carbocycles. The molecule has 3 heterocycles. The Morgan fingerprint density at radius 1 is 1.05 bits per heavy atom. The van der Waals surface area contributed by atoms with E-state index in [1.54, 1.807) is 55.7 Å². The van der Waals surface area contributed by atoms with Gasteiger partial charge in [-0.1, -0.05) is 0 Å². The molecule has 40 heavy (non-hydrogen) atoms. The molecule has 12 heteroatoms. The number of carbonyl (C=O) groups is 3. The van der Waals surface area contributed by atoms with Gasteiger partial charge in [-0.2, -0.15) is 5.10 Å². The summed E-state index contributed by atoms with van der Waals surface area (Å²) in [5, 5.41) is 4.40. The number of aromatic nitrogens is 4. The highest BCUT2D eigenvalue weighted by Gasteiger charge is 2.34. The minimum absolute atomic E-state index is 0.0167. The van der Waals surface area contributed by atoms with Crippen LogP contribution in [0, 0.1) is 0 Å². The lowest BCUT2D eigenvalue weighted by molar-refractivity contribution is 0.0972. The second kappa shape index (κ2) is 10.9. The van der Waals surface area contributed by atoms with Crippen molar-refractivity contribution >= 4 is 23.6 Å². The monoisotopic (exact) mass is 543 g/mol. The third-order valence-corrected chi connectivity index (χ3v) is 6.83. The van der Waals surface area contributed by atoms with Crippen LogP contribution in [0.4, 0.5) is 10.5 Å². The molecular formula is C28H29N7O5. The van der Waals surface area contributed by atoms with Gasteiger partial charge in [-0.15, -0.1) is 0 Å². The predicted octanol–water partition coefficient (Wildman–Crippen LogP) is 2.96. The molecule has 4 aromatic rings. The van der Waals surface area contributed by atoms with Gasteiger partial charge in [0.15, 0.2) is 18.1 Å². The van der Waals surface area contributed by atoms with Crippen LogP contribution in [0.5, 0.6) is 5.75 Å². The number of benzene rings is 2. The molecule has 0 radical (unpaired) electrons. The lowest BCUT2D eigenvalue weighted by Gasteiger charge is -2.28. The normalized spacial score (nSPS) is 12.7. The van der Waals surface area contributed by atoms with E-state index >= 15 is 0 Å². The molecule has 2 aromatic heterocycles. The third kappa shape index (κ3) is 4.86. The minimum Gasteiger partial charge on any atom is -0.497 e. The van der Waals surface area contributed by atoms with Crippen molar-refractivity contribution in [1.82, 2.24) is 24.2 Å². The number of anilines is 1. The molecule has 0 spiro atoms. The molecule has 2 aromatic carbocycles. The molecular weight excluding hydrogens is 514 g/mol. The Bertz CT molecular complexity index is 1560. The first-order chi connectivity index (χ1) is 19.3. The number of ether oxygens (including phenoxy) is 2. The van der Waals surface area contributed by atoms with E-state index in [4.69, 9.17) is 15.2 Å². The SMILES string of the molecule is CCN(C)C(=O)OCc1nccn1-c1ccc(N2CCc3c(C(N)=O)nn(-c4ccc(OC)cc4)c3C2=O)cc1. The average Bonchev–Trinajstić information content (AvgIpc) is 3.61. The van der Waals surface area contributed by atoms with Gasteiger partial charge in [0.25, 0.3) is 11.8 Å². The summed E-state index contributed by atoms with van der Waals surface area (Å²) in [5.74, 6) is 0.240. The van der Waals surface area contributed by atoms with Gasteiger partial charge in [0, 0.05) is 49.5 Å². The van der Waals surface area contributed by atoms with Crippen molar-refractivity contribution < 1.29 is 23.9 Å². The van der Waals surface area contributed by atoms with Gasteiger partial charge < -0.3 is 29.6 Å². The number of hydrogen-bond acceptors (Lipinski definition) is 7. The molecule has 0 bridgehead atoms. The summed E-state index contributed by atoms with van der Waals surface area (Å²) in [5.41, 5.74) is 8.60. The molecule has 2 N–H and O–H groups in total. The average molecular weight is 544 g/mol. The highest BCUT2D eigenvalue weighted by atomic mass is 16.6. The van der Waals surface area contributed by atoms with Crippen LogP contribution in [0.2, 0.25) is 0 Å². The Hall–Kier alpha value is -5.13. The van der Waals surface area contributed by atoms with E-state index in [1.165, 1.54) is 9.58 Å². The van der Waals surface area contributed by atoms with Crippen molar-refractivity contribution in [2.45, 2.75) is 20.0 Å². The topological polar surface area (TPSA) is 138 Å². The Morgan fingerprint density at radius 3 is 2.38 bits per heavy atom. The number of amides is 3. The van der Waals surface area contributed by atoms with E-state index in [0.29, 0.717) is 53.7 Å². The molecule has 0 saturated heterocycles. The first kappa shape index (κ1) is 26.5. The lowest BCUT2D eigenvalue weighted by Crippen LogP contribution is -2.39. The molecule has 1 aliphatic rings. The van der Waals surface area contributed by atoms with Crippen molar-refractivity contribution in [2.75, 3.05) is 32.1 Å². The smallest absolute Gasteiger partial charge is 0.409 e. The second-order valence-electron chi connectivity index (χ2n) is 9.16. The minimum atomic E-state index is -0.683. The zero-order valence-electron chi connectivity index (χ0n) is 22.4. The van der Waals surface area contributed by atoms with Crippen LogP contribution < -0.4 is 15.4 Å². The van der Waals surface area contributed by atoms with Crippen molar-refractivity contribution in [3.63, 3.8) is 0 Å². The van der Waals surface area contributed by atoms with Gasteiger partial charge in [0.1, 0.15) is 11.4 Å². The largest absolute Gasteiger partial charge is 0.497 e. The summed E-state index contributed by atoms with van der Waals surface area (Å²) >= 11 is 0. The number of fused-ring (bicyclic) bond motifs is 1. The van der Waals surface area contributed by atoms with Crippen LogP contribution in [0.25, 0.3) is 11.4 Å². The van der Waals surface area contributed by atoms with Crippen molar-refractivity contribution in [3.8, 4) is 17.1 Å². The summed E-state index contributed by atoms with van der Waals surface area (Å²) in [6, 6.07) is 14.4. The second-order valence-corrected chi connectivity index (χ2v) is 9.16. The van der Waals surface area contributed by atoms with E-state index in [2.05, 4.69) is 10.1 Å². The Kier molecular flexibility index (Phi) is 7.23. The first-order valence-corrected chi connectivity index (χ1v) is 12.7. The van der Waals surface area contributed by atoms with Gasteiger partial charge in [-0.25, -0.2) is 14.5 Å². The van der Waals surface area contributed by atoms with Crippen LogP contribution in [-0.4, -0.2) is 69.4 Å². The van der Waals surface area contributed by atoms with E-state index in [-0.39, 0.29) is 18.2 Å². The van der Waals surface area contributed by atoms with Gasteiger partial charge in [0.05, 0.1) is 12.8 Å². The van der Waals surface area contributed by atoms with Gasteiger partial charge in [0.2, 0.25) is 0 Å². The van der Waals surface area contributed by atoms with Crippen LogP contribution in [-0.2, 0) is 17.8 Å². The molecule has 12 nitrogen and oxygen atoms in total. The Morgan fingerprint density at radius 2 is 1.73 bits per heavy atom. The standard InChI is InChI=1S/C28H29N7O5/c1-4-32(2)28(38)40-17-23-30-14-16-33(23)18-5-7-19(8-6-18)34-15-13-22-24(26(29)36)31-35(25(22)27(34)37)20-9-11-21(39-3)12-10-20/h5-12,14,16H,4,13,15,17H2,1-3H3,(H2,29,36). The Labute approximate surface area is 230 Å². The maximum absolute atomic E-state index is 13.8. The summed E-state index contributed by atoms with van der Waals surface area (Å²) in [6.07, 6.45) is 3.40. The van der Waals surface area contributed by atoms with E-state index < -0.39 is 12.0 Å². The summed E-state index contributed by atoms with van der Waals surface area (Å²) in [6.45, 7) is 2.78. The predicted molar refractivity (Wildman–Crippen MR) is 146 cm³/mol. The molecule has 0 fully saturated rings.